The molecule has 2 aromatic carbocycles. The van der Waals surface area contributed by atoms with Crippen molar-refractivity contribution in [2.24, 2.45) is 0 Å². The molecule has 1 aromatic heterocycles. The second kappa shape index (κ2) is 9.31. The van der Waals surface area contributed by atoms with E-state index in [1.54, 1.807) is 0 Å². The molecule has 4 rings (SSSR count). The summed E-state index contributed by atoms with van der Waals surface area (Å²) in [5, 5.41) is 0.657. The van der Waals surface area contributed by atoms with Gasteiger partial charge in [0.15, 0.2) is 0 Å². The number of esters is 1. The number of pyridine rings is 1. The molecule has 0 amide bonds. The average Bonchev–Trinajstić information content (AvgIpc) is 2.80. The zero-order chi connectivity index (χ0) is 20.9. The lowest BCUT2D eigenvalue weighted by Gasteiger charge is -2.30. The lowest BCUT2D eigenvalue weighted by Crippen LogP contribution is -2.32. The third-order valence-corrected chi connectivity index (χ3v) is 5.61. The molecular weight excluding hydrogens is 396 g/mol. The summed E-state index contributed by atoms with van der Waals surface area (Å²) in [7, 11) is 0. The van der Waals surface area contributed by atoms with E-state index >= 15 is 0 Å². The van der Waals surface area contributed by atoms with Crippen LogP contribution < -0.4 is 4.90 Å². The Morgan fingerprint density at radius 3 is 2.37 bits per heavy atom. The third-order valence-electron chi connectivity index (χ3n) is 5.36. The number of ether oxygens (including phenoxy) is 1. The molecule has 0 unspecified atom stereocenters. The molecule has 0 atom stereocenters. The van der Waals surface area contributed by atoms with Crippen molar-refractivity contribution in [3.63, 3.8) is 0 Å². The zero-order valence-electron chi connectivity index (χ0n) is 17.1. The Balaban J connectivity index is 1.96. The van der Waals surface area contributed by atoms with Crippen LogP contribution in [0.3, 0.4) is 0 Å². The van der Waals surface area contributed by atoms with Crippen molar-refractivity contribution in [3.8, 4) is 22.4 Å². The predicted octanol–water partition coefficient (Wildman–Crippen LogP) is 6.24. The Kier molecular flexibility index (Phi) is 6.34. The monoisotopic (exact) mass is 420 g/mol. The quantitative estimate of drug-likeness (QED) is 0.458. The van der Waals surface area contributed by atoms with Gasteiger partial charge in [-0.2, -0.15) is 0 Å². The molecule has 1 fully saturated rings. The first-order valence-electron chi connectivity index (χ1n) is 10.5. The van der Waals surface area contributed by atoms with Crippen molar-refractivity contribution in [2.45, 2.75) is 26.2 Å². The summed E-state index contributed by atoms with van der Waals surface area (Å²) in [6, 6.07) is 19.6. The van der Waals surface area contributed by atoms with E-state index < -0.39 is 0 Å². The number of hydrogen-bond donors (Lipinski definition) is 0. The van der Waals surface area contributed by atoms with Gasteiger partial charge in [-0.25, -0.2) is 9.78 Å². The van der Waals surface area contributed by atoms with Crippen LogP contribution in [0.15, 0.2) is 60.7 Å². The van der Waals surface area contributed by atoms with Gasteiger partial charge < -0.3 is 9.64 Å². The molecule has 3 aromatic rings. The second-order valence-electron chi connectivity index (χ2n) is 7.39. The van der Waals surface area contributed by atoms with Crippen LogP contribution in [0.2, 0.25) is 5.02 Å². The van der Waals surface area contributed by atoms with E-state index in [0.717, 1.165) is 48.3 Å². The van der Waals surface area contributed by atoms with Crippen LogP contribution >= 0.6 is 11.6 Å². The van der Waals surface area contributed by atoms with Gasteiger partial charge in [-0.1, -0.05) is 54.1 Å². The van der Waals surface area contributed by atoms with Crippen LogP contribution in [-0.4, -0.2) is 30.6 Å². The fraction of sp³-hybridized carbons (Fsp3) is 0.280. The number of halogens is 1. The van der Waals surface area contributed by atoms with Gasteiger partial charge >= 0.3 is 5.97 Å². The number of benzene rings is 2. The number of anilines is 1. The van der Waals surface area contributed by atoms with E-state index in [2.05, 4.69) is 4.90 Å². The maximum Gasteiger partial charge on any atom is 0.342 e. The van der Waals surface area contributed by atoms with E-state index in [0.29, 0.717) is 23.0 Å². The normalized spacial score (nSPS) is 13.9. The van der Waals surface area contributed by atoms with Crippen LogP contribution in [0.5, 0.6) is 0 Å². The highest BCUT2D eigenvalue weighted by atomic mass is 35.5. The second-order valence-corrected chi connectivity index (χ2v) is 7.83. The van der Waals surface area contributed by atoms with E-state index in [4.69, 9.17) is 21.3 Å². The van der Waals surface area contributed by atoms with Gasteiger partial charge in [0.2, 0.25) is 0 Å². The summed E-state index contributed by atoms with van der Waals surface area (Å²) in [5.41, 5.74) is 4.12. The largest absolute Gasteiger partial charge is 0.462 e. The SMILES string of the molecule is CCOC(=O)c1c(-c2ccc(Cl)cc2)cc(-c2ccccc2)nc1N1CCCCC1. The summed E-state index contributed by atoms with van der Waals surface area (Å²) >= 11 is 6.12. The first-order valence-corrected chi connectivity index (χ1v) is 10.8. The lowest BCUT2D eigenvalue weighted by atomic mass is 9.97. The number of hydrogen-bond acceptors (Lipinski definition) is 4. The molecule has 0 bridgehead atoms. The summed E-state index contributed by atoms with van der Waals surface area (Å²) in [4.78, 5) is 20.3. The minimum absolute atomic E-state index is 0.318. The number of nitrogens with zero attached hydrogens (tertiary/aromatic N) is 2. The summed E-state index contributed by atoms with van der Waals surface area (Å²) < 4.78 is 5.46. The van der Waals surface area contributed by atoms with Crippen molar-refractivity contribution in [1.29, 1.82) is 0 Å². The average molecular weight is 421 g/mol. The first kappa shape index (κ1) is 20.4. The first-order chi connectivity index (χ1) is 14.7. The van der Waals surface area contributed by atoms with Gasteiger partial charge in [-0.15, -0.1) is 0 Å². The molecule has 154 valence electrons. The van der Waals surface area contributed by atoms with Crippen LogP contribution in [0.4, 0.5) is 5.82 Å². The molecule has 0 spiro atoms. The number of piperidine rings is 1. The van der Waals surface area contributed by atoms with Crippen molar-refractivity contribution in [2.75, 3.05) is 24.6 Å². The molecular formula is C25H25ClN2O2. The molecule has 4 nitrogen and oxygen atoms in total. The summed E-state index contributed by atoms with van der Waals surface area (Å²) in [5.74, 6) is 0.370. The molecule has 1 aliphatic heterocycles. The van der Waals surface area contributed by atoms with Crippen molar-refractivity contribution < 1.29 is 9.53 Å². The zero-order valence-corrected chi connectivity index (χ0v) is 17.9. The van der Waals surface area contributed by atoms with Gasteiger partial charge in [0.05, 0.1) is 12.3 Å². The molecule has 1 aliphatic rings. The molecule has 0 N–H and O–H groups in total. The highest BCUT2D eigenvalue weighted by molar-refractivity contribution is 6.30. The van der Waals surface area contributed by atoms with E-state index in [9.17, 15) is 4.79 Å². The van der Waals surface area contributed by atoms with Crippen molar-refractivity contribution in [1.82, 2.24) is 4.98 Å². The standard InChI is InChI=1S/C25H25ClN2O2/c1-2-30-25(29)23-21(18-11-13-20(26)14-12-18)17-22(19-9-5-3-6-10-19)27-24(23)28-15-7-4-8-16-28/h3,5-6,9-14,17H,2,4,7-8,15-16H2,1H3. The summed E-state index contributed by atoms with van der Waals surface area (Å²) in [6.07, 6.45) is 3.39. The highest BCUT2D eigenvalue weighted by Crippen LogP contribution is 2.36. The van der Waals surface area contributed by atoms with Gasteiger partial charge in [-0.3, -0.25) is 0 Å². The minimum atomic E-state index is -0.338. The number of carbonyl (C=O) groups excluding carboxylic acids is 1. The van der Waals surface area contributed by atoms with E-state index in [-0.39, 0.29) is 5.97 Å². The van der Waals surface area contributed by atoms with Crippen molar-refractivity contribution >= 4 is 23.4 Å². The fourth-order valence-electron chi connectivity index (χ4n) is 3.88. The van der Waals surface area contributed by atoms with Gasteiger partial charge in [0.25, 0.3) is 0 Å². The van der Waals surface area contributed by atoms with Crippen LogP contribution in [0.1, 0.15) is 36.5 Å². The summed E-state index contributed by atoms with van der Waals surface area (Å²) in [6.45, 7) is 3.92. The molecule has 0 saturated carbocycles. The Bertz CT molecular complexity index is 1010. The minimum Gasteiger partial charge on any atom is -0.462 e. The van der Waals surface area contributed by atoms with Gasteiger partial charge in [-0.05, 0) is 49.9 Å². The Morgan fingerprint density at radius 1 is 1.00 bits per heavy atom. The molecule has 1 saturated heterocycles. The lowest BCUT2D eigenvalue weighted by molar-refractivity contribution is 0.0527. The molecule has 2 heterocycles. The van der Waals surface area contributed by atoms with Crippen LogP contribution in [-0.2, 0) is 4.74 Å². The topological polar surface area (TPSA) is 42.4 Å². The van der Waals surface area contributed by atoms with Crippen LogP contribution in [0.25, 0.3) is 22.4 Å². The Morgan fingerprint density at radius 2 is 1.70 bits per heavy atom. The molecule has 5 heteroatoms. The Hall–Kier alpha value is -2.85. The Labute approximate surface area is 182 Å². The smallest absolute Gasteiger partial charge is 0.342 e. The number of carbonyl (C=O) groups is 1. The predicted molar refractivity (Wildman–Crippen MR) is 122 cm³/mol. The van der Waals surface area contributed by atoms with E-state index in [1.807, 2.05) is 67.6 Å². The molecule has 30 heavy (non-hydrogen) atoms. The van der Waals surface area contributed by atoms with Crippen LogP contribution in [0, 0.1) is 0 Å². The maximum atomic E-state index is 13.1. The highest BCUT2D eigenvalue weighted by Gasteiger charge is 2.26. The number of rotatable bonds is 5. The van der Waals surface area contributed by atoms with Crippen molar-refractivity contribution in [3.05, 3.63) is 71.2 Å². The van der Waals surface area contributed by atoms with E-state index in [1.165, 1.54) is 6.42 Å². The molecule has 0 radical (unpaired) electrons. The molecule has 0 aliphatic carbocycles. The third kappa shape index (κ3) is 4.34. The maximum absolute atomic E-state index is 13.1. The van der Waals surface area contributed by atoms with Gasteiger partial charge in [0.1, 0.15) is 11.4 Å². The fourth-order valence-corrected chi connectivity index (χ4v) is 4.01. The number of aromatic nitrogens is 1. The van der Waals surface area contributed by atoms with Gasteiger partial charge in [0, 0.05) is 29.2 Å².